The van der Waals surface area contributed by atoms with Crippen molar-refractivity contribution in [2.45, 2.75) is 32.6 Å². The van der Waals surface area contributed by atoms with E-state index < -0.39 is 6.03 Å². The second-order valence-corrected chi connectivity index (χ2v) is 9.34. The van der Waals surface area contributed by atoms with E-state index in [0.29, 0.717) is 47.1 Å². The molecular weight excluding hydrogens is 484 g/mol. The van der Waals surface area contributed by atoms with E-state index in [1.54, 1.807) is 25.1 Å². The van der Waals surface area contributed by atoms with Gasteiger partial charge in [0, 0.05) is 37.4 Å². The maximum atomic E-state index is 13.3. The van der Waals surface area contributed by atoms with Gasteiger partial charge < -0.3 is 20.5 Å². The van der Waals surface area contributed by atoms with E-state index in [2.05, 4.69) is 16.5 Å². The van der Waals surface area contributed by atoms with Crippen LogP contribution in [0.1, 0.15) is 61.9 Å². The minimum absolute atomic E-state index is 0.106. The van der Waals surface area contributed by atoms with Crippen LogP contribution >= 0.6 is 0 Å². The molecule has 1 aliphatic rings. The zero-order valence-electron chi connectivity index (χ0n) is 21.4. The Kier molecular flexibility index (Phi) is 8.06. The number of urea groups is 1. The molecule has 3 N–H and O–H groups in total. The number of carbonyl (C=O) groups excluding carboxylic acids is 3. The summed E-state index contributed by atoms with van der Waals surface area (Å²) in [6, 6.07) is 14.3. The molecule has 0 unspecified atom stereocenters. The molecule has 0 radical (unpaired) electrons. The molecule has 4 amide bonds. The summed E-state index contributed by atoms with van der Waals surface area (Å²) < 4.78 is 4.92. The highest BCUT2D eigenvalue weighted by Crippen LogP contribution is 2.30. The number of likely N-dealkylation sites (tertiary alicyclic amines) is 1. The molecule has 0 aliphatic carbocycles. The third kappa shape index (κ3) is 5.83. The van der Waals surface area contributed by atoms with Crippen LogP contribution in [0.2, 0.25) is 0 Å². The number of carbonyl (C=O) groups is 3. The fourth-order valence-corrected chi connectivity index (χ4v) is 4.70. The molecule has 1 fully saturated rings. The Morgan fingerprint density at radius 1 is 1.16 bits per heavy atom. The topological polar surface area (TPSA) is 146 Å². The maximum Gasteiger partial charge on any atom is 0.319 e. The van der Waals surface area contributed by atoms with Crippen molar-refractivity contribution in [2.24, 2.45) is 5.73 Å². The number of benzene rings is 2. The van der Waals surface area contributed by atoms with Gasteiger partial charge in [0.1, 0.15) is 11.3 Å². The Morgan fingerprint density at radius 3 is 2.47 bits per heavy atom. The van der Waals surface area contributed by atoms with E-state index in [-0.39, 0.29) is 24.9 Å². The highest BCUT2D eigenvalue weighted by Gasteiger charge is 2.26. The molecule has 38 heavy (non-hydrogen) atoms. The van der Waals surface area contributed by atoms with Gasteiger partial charge in [0.25, 0.3) is 11.8 Å². The number of nitrogens with one attached hydrogen (secondary N) is 1. The summed E-state index contributed by atoms with van der Waals surface area (Å²) in [7, 11) is 0. The van der Waals surface area contributed by atoms with E-state index in [1.807, 2.05) is 36.1 Å². The van der Waals surface area contributed by atoms with Crippen LogP contribution in [0.25, 0.3) is 0 Å². The molecule has 4 rings (SSSR count). The Bertz CT molecular complexity index is 1370. The molecule has 1 saturated heterocycles. The van der Waals surface area contributed by atoms with Crippen molar-refractivity contribution in [3.8, 4) is 6.07 Å². The van der Waals surface area contributed by atoms with E-state index >= 15 is 0 Å². The summed E-state index contributed by atoms with van der Waals surface area (Å²) in [5.41, 5.74) is 9.57. The molecule has 0 atom stereocenters. The molecule has 0 bridgehead atoms. The first-order valence-corrected chi connectivity index (χ1v) is 12.4. The number of hydrogen-bond acceptors (Lipinski definition) is 6. The SMILES string of the molecule is Cc1ccc(C(=O)N2CCC(c3ccc(C#N)cc3)CC2)cc1N(CCNC(=O)c1cnoc1C)C(N)=O. The quantitative estimate of drug-likeness (QED) is 0.493. The summed E-state index contributed by atoms with van der Waals surface area (Å²) in [5, 5.41) is 15.3. The second-order valence-electron chi connectivity index (χ2n) is 9.34. The standard InChI is InChI=1S/C28H30N6O4/c1-18-3-6-23(27(36)33-12-9-22(10-13-33)21-7-4-20(16-29)5-8-21)15-25(18)34(28(30)37)14-11-31-26(35)24-17-32-38-19(24)2/h3-8,15,17,22H,9-14H2,1-2H3,(H2,30,37)(H,31,35). The number of amides is 4. The highest BCUT2D eigenvalue weighted by atomic mass is 16.5. The number of nitrogens with two attached hydrogens (primary N) is 1. The second kappa shape index (κ2) is 11.6. The number of piperidine rings is 1. The van der Waals surface area contributed by atoms with Gasteiger partial charge in [-0.15, -0.1) is 0 Å². The monoisotopic (exact) mass is 514 g/mol. The Labute approximate surface area is 221 Å². The molecule has 2 heterocycles. The lowest BCUT2D eigenvalue weighted by Crippen LogP contribution is -2.42. The van der Waals surface area contributed by atoms with Gasteiger partial charge in [0.2, 0.25) is 0 Å². The van der Waals surface area contributed by atoms with Crippen molar-refractivity contribution in [1.29, 1.82) is 5.26 Å². The smallest absolute Gasteiger partial charge is 0.319 e. The average molecular weight is 515 g/mol. The van der Waals surface area contributed by atoms with E-state index in [4.69, 9.17) is 15.5 Å². The predicted octanol–water partition coefficient (Wildman–Crippen LogP) is 3.50. The molecule has 2 aromatic carbocycles. The van der Waals surface area contributed by atoms with E-state index in [0.717, 1.165) is 18.4 Å². The van der Waals surface area contributed by atoms with Crippen LogP contribution in [0, 0.1) is 25.2 Å². The van der Waals surface area contributed by atoms with Crippen molar-refractivity contribution in [3.05, 3.63) is 82.2 Å². The number of nitriles is 1. The lowest BCUT2D eigenvalue weighted by molar-refractivity contribution is 0.0712. The summed E-state index contributed by atoms with van der Waals surface area (Å²) in [4.78, 5) is 41.1. The molecular formula is C28H30N6O4. The van der Waals surface area contributed by atoms with Gasteiger partial charge in [-0.25, -0.2) is 4.79 Å². The van der Waals surface area contributed by atoms with Gasteiger partial charge in [-0.1, -0.05) is 23.4 Å². The molecule has 3 aromatic rings. The van der Waals surface area contributed by atoms with Gasteiger partial charge in [0.15, 0.2) is 0 Å². The van der Waals surface area contributed by atoms with Crippen molar-refractivity contribution < 1.29 is 18.9 Å². The maximum absolute atomic E-state index is 13.3. The number of primary amides is 1. The molecule has 1 aromatic heterocycles. The predicted molar refractivity (Wildman–Crippen MR) is 141 cm³/mol. The Morgan fingerprint density at radius 2 is 1.87 bits per heavy atom. The average Bonchev–Trinajstić information content (AvgIpc) is 3.37. The highest BCUT2D eigenvalue weighted by molar-refractivity contribution is 5.98. The first-order chi connectivity index (χ1) is 18.3. The third-order valence-corrected chi connectivity index (χ3v) is 6.92. The number of rotatable bonds is 7. The van der Waals surface area contributed by atoms with Crippen LogP contribution in [0.3, 0.4) is 0 Å². The summed E-state index contributed by atoms with van der Waals surface area (Å²) in [5.74, 6) is 0.267. The number of aryl methyl sites for hydroxylation is 2. The van der Waals surface area contributed by atoms with Crippen LogP contribution < -0.4 is 16.0 Å². The molecule has 0 spiro atoms. The largest absolute Gasteiger partial charge is 0.361 e. The van der Waals surface area contributed by atoms with Crippen LogP contribution in [-0.4, -0.2) is 54.1 Å². The Balaban J connectivity index is 1.40. The first-order valence-electron chi connectivity index (χ1n) is 12.4. The van der Waals surface area contributed by atoms with Crippen LogP contribution in [0.4, 0.5) is 10.5 Å². The Hall–Kier alpha value is -4.65. The molecule has 10 heteroatoms. The van der Waals surface area contributed by atoms with Crippen LogP contribution in [0.5, 0.6) is 0 Å². The van der Waals surface area contributed by atoms with Gasteiger partial charge in [-0.2, -0.15) is 5.26 Å². The van der Waals surface area contributed by atoms with E-state index in [9.17, 15) is 14.4 Å². The number of nitrogens with zero attached hydrogens (tertiary/aromatic N) is 4. The van der Waals surface area contributed by atoms with Crippen molar-refractivity contribution in [3.63, 3.8) is 0 Å². The number of anilines is 1. The van der Waals surface area contributed by atoms with Crippen molar-refractivity contribution in [2.75, 3.05) is 31.1 Å². The molecule has 0 saturated carbocycles. The summed E-state index contributed by atoms with van der Waals surface area (Å²) in [6.45, 7) is 4.97. The molecule has 10 nitrogen and oxygen atoms in total. The third-order valence-electron chi connectivity index (χ3n) is 6.92. The molecule has 196 valence electrons. The first kappa shape index (κ1) is 26.4. The van der Waals surface area contributed by atoms with Crippen LogP contribution in [-0.2, 0) is 0 Å². The van der Waals surface area contributed by atoms with Crippen molar-refractivity contribution in [1.82, 2.24) is 15.4 Å². The number of aromatic nitrogens is 1. The van der Waals surface area contributed by atoms with Gasteiger partial charge in [0.05, 0.1) is 17.8 Å². The minimum Gasteiger partial charge on any atom is -0.361 e. The van der Waals surface area contributed by atoms with Gasteiger partial charge in [-0.3, -0.25) is 14.5 Å². The molecule has 1 aliphatic heterocycles. The van der Waals surface area contributed by atoms with Crippen molar-refractivity contribution >= 4 is 23.5 Å². The lowest BCUT2D eigenvalue weighted by Gasteiger charge is -2.32. The summed E-state index contributed by atoms with van der Waals surface area (Å²) >= 11 is 0. The lowest BCUT2D eigenvalue weighted by atomic mass is 9.89. The fourth-order valence-electron chi connectivity index (χ4n) is 4.70. The van der Waals surface area contributed by atoms with E-state index in [1.165, 1.54) is 16.7 Å². The van der Waals surface area contributed by atoms with Gasteiger partial charge in [-0.05, 0) is 68.0 Å². The summed E-state index contributed by atoms with van der Waals surface area (Å²) in [6.07, 6.45) is 2.99. The van der Waals surface area contributed by atoms with Crippen LogP contribution in [0.15, 0.2) is 53.2 Å². The minimum atomic E-state index is -0.684. The fraction of sp³-hybridized carbons (Fsp3) is 0.321. The normalized spacial score (nSPS) is 13.6. The zero-order valence-corrected chi connectivity index (χ0v) is 21.4. The zero-order chi connectivity index (χ0) is 27.2. The number of hydrogen-bond donors (Lipinski definition) is 2. The van der Waals surface area contributed by atoms with Gasteiger partial charge >= 0.3 is 6.03 Å².